The van der Waals surface area contributed by atoms with Crippen LogP contribution in [-0.4, -0.2) is 12.5 Å². The van der Waals surface area contributed by atoms with Gasteiger partial charge >= 0.3 is 0 Å². The monoisotopic (exact) mass is 324 g/mol. The molecule has 0 fully saturated rings. The molecule has 2 aromatic carbocycles. The molecule has 0 spiro atoms. The van der Waals surface area contributed by atoms with E-state index in [1.807, 2.05) is 49.4 Å². The number of ether oxygens (including phenoxy) is 1. The number of hydrogen-bond acceptors (Lipinski definition) is 3. The van der Waals surface area contributed by atoms with Crippen LogP contribution in [0.15, 0.2) is 42.5 Å². The van der Waals surface area contributed by atoms with Gasteiger partial charge in [-0.3, -0.25) is 4.79 Å². The molecule has 2 aromatic rings. The molecule has 1 unspecified atom stereocenters. The summed E-state index contributed by atoms with van der Waals surface area (Å²) in [6.07, 6.45) is 3.47. The first-order valence-corrected chi connectivity index (χ1v) is 8.55. The number of rotatable bonds is 5. The molecule has 0 radical (unpaired) electrons. The fourth-order valence-corrected chi connectivity index (χ4v) is 3.29. The zero-order chi connectivity index (χ0) is 16.9. The van der Waals surface area contributed by atoms with Gasteiger partial charge in [0.05, 0.1) is 19.1 Å². The van der Waals surface area contributed by atoms with Crippen LogP contribution in [-0.2, 0) is 17.6 Å². The lowest BCUT2D eigenvalue weighted by Gasteiger charge is -2.26. The van der Waals surface area contributed by atoms with Crippen LogP contribution in [0.5, 0.6) is 5.75 Å². The van der Waals surface area contributed by atoms with Crippen LogP contribution < -0.4 is 15.8 Å². The first kappa shape index (κ1) is 16.4. The molecular formula is C20H24N2O2. The standard InChI is InChI=1S/C20H24N2O2/c1-2-24-17-9-6-14(7-10-17)12-20(23)22-19-5-3-4-15-13-16(21)8-11-18(15)19/h6-11,13,19H,2-5,12,21H2,1H3,(H,22,23). The maximum atomic E-state index is 12.4. The Hall–Kier alpha value is -2.49. The first-order valence-electron chi connectivity index (χ1n) is 8.55. The second kappa shape index (κ2) is 7.39. The predicted molar refractivity (Wildman–Crippen MR) is 96.0 cm³/mol. The number of anilines is 1. The van der Waals surface area contributed by atoms with Crippen LogP contribution in [0.25, 0.3) is 0 Å². The zero-order valence-corrected chi connectivity index (χ0v) is 14.0. The largest absolute Gasteiger partial charge is 0.494 e. The van der Waals surface area contributed by atoms with E-state index < -0.39 is 0 Å². The fourth-order valence-electron chi connectivity index (χ4n) is 3.29. The SMILES string of the molecule is CCOc1ccc(CC(=O)NC2CCCc3cc(N)ccc32)cc1. The Balaban J connectivity index is 1.63. The molecular weight excluding hydrogens is 300 g/mol. The van der Waals surface area contributed by atoms with Crippen molar-refractivity contribution in [2.45, 2.75) is 38.6 Å². The summed E-state index contributed by atoms with van der Waals surface area (Å²) in [7, 11) is 0. The number of carbonyl (C=O) groups is 1. The third-order valence-electron chi connectivity index (χ3n) is 4.42. The highest BCUT2D eigenvalue weighted by molar-refractivity contribution is 5.79. The Kier molecular flexibility index (Phi) is 5.04. The molecule has 1 aliphatic rings. The third kappa shape index (κ3) is 3.88. The first-order chi connectivity index (χ1) is 11.7. The molecule has 0 saturated carbocycles. The highest BCUT2D eigenvalue weighted by Gasteiger charge is 2.21. The van der Waals surface area contributed by atoms with E-state index in [1.54, 1.807) is 0 Å². The predicted octanol–water partition coefficient (Wildman–Crippen LogP) is 3.40. The van der Waals surface area contributed by atoms with E-state index in [9.17, 15) is 4.79 Å². The van der Waals surface area contributed by atoms with Crippen molar-refractivity contribution < 1.29 is 9.53 Å². The van der Waals surface area contributed by atoms with E-state index in [-0.39, 0.29) is 11.9 Å². The topological polar surface area (TPSA) is 64.3 Å². The Bertz CT molecular complexity index is 710. The van der Waals surface area contributed by atoms with E-state index in [0.29, 0.717) is 13.0 Å². The quantitative estimate of drug-likeness (QED) is 0.829. The number of benzene rings is 2. The van der Waals surface area contributed by atoms with Crippen LogP contribution in [0.1, 0.15) is 42.5 Å². The number of nitrogens with one attached hydrogen (secondary N) is 1. The molecule has 0 bridgehead atoms. The van der Waals surface area contributed by atoms with Crippen molar-refractivity contribution in [3.8, 4) is 5.75 Å². The second-order valence-corrected chi connectivity index (χ2v) is 6.22. The van der Waals surface area contributed by atoms with Crippen molar-refractivity contribution in [1.82, 2.24) is 5.32 Å². The van der Waals surface area contributed by atoms with Gasteiger partial charge in [-0.15, -0.1) is 0 Å². The van der Waals surface area contributed by atoms with Gasteiger partial charge in [0.25, 0.3) is 0 Å². The summed E-state index contributed by atoms with van der Waals surface area (Å²) in [6, 6.07) is 13.8. The molecule has 3 N–H and O–H groups in total. The number of carbonyl (C=O) groups excluding carboxylic acids is 1. The summed E-state index contributed by atoms with van der Waals surface area (Å²) >= 11 is 0. The minimum absolute atomic E-state index is 0.0498. The van der Waals surface area contributed by atoms with Gasteiger partial charge in [-0.05, 0) is 67.1 Å². The number of nitrogens with two attached hydrogens (primary N) is 1. The van der Waals surface area contributed by atoms with Crippen LogP contribution in [0.4, 0.5) is 5.69 Å². The number of nitrogen functional groups attached to an aromatic ring is 1. The van der Waals surface area contributed by atoms with Crippen molar-refractivity contribution in [2.75, 3.05) is 12.3 Å². The van der Waals surface area contributed by atoms with Gasteiger partial charge < -0.3 is 15.8 Å². The molecule has 4 heteroatoms. The van der Waals surface area contributed by atoms with Gasteiger partial charge in [0.1, 0.15) is 5.75 Å². The van der Waals surface area contributed by atoms with Crippen LogP contribution in [0.2, 0.25) is 0 Å². The van der Waals surface area contributed by atoms with Crippen molar-refractivity contribution in [3.05, 3.63) is 59.2 Å². The second-order valence-electron chi connectivity index (χ2n) is 6.22. The van der Waals surface area contributed by atoms with E-state index in [2.05, 4.69) is 5.32 Å². The molecule has 1 atom stereocenters. The van der Waals surface area contributed by atoms with Crippen LogP contribution >= 0.6 is 0 Å². The molecule has 0 aromatic heterocycles. The molecule has 24 heavy (non-hydrogen) atoms. The average molecular weight is 324 g/mol. The smallest absolute Gasteiger partial charge is 0.224 e. The van der Waals surface area contributed by atoms with Crippen molar-refractivity contribution in [3.63, 3.8) is 0 Å². The molecule has 0 aliphatic heterocycles. The summed E-state index contributed by atoms with van der Waals surface area (Å²) in [5, 5.41) is 3.17. The van der Waals surface area contributed by atoms with Gasteiger partial charge in [0.15, 0.2) is 0 Å². The lowest BCUT2D eigenvalue weighted by molar-refractivity contribution is -0.121. The molecule has 0 heterocycles. The van der Waals surface area contributed by atoms with Crippen LogP contribution in [0, 0.1) is 0 Å². The highest BCUT2D eigenvalue weighted by atomic mass is 16.5. The number of fused-ring (bicyclic) bond motifs is 1. The average Bonchev–Trinajstić information content (AvgIpc) is 2.57. The van der Waals surface area contributed by atoms with Crippen LogP contribution in [0.3, 0.4) is 0 Å². The fraction of sp³-hybridized carbons (Fsp3) is 0.350. The zero-order valence-electron chi connectivity index (χ0n) is 14.0. The highest BCUT2D eigenvalue weighted by Crippen LogP contribution is 2.31. The Labute approximate surface area is 143 Å². The summed E-state index contributed by atoms with van der Waals surface area (Å²) in [6.45, 7) is 2.60. The molecule has 3 rings (SSSR count). The Morgan fingerprint density at radius 2 is 2.04 bits per heavy atom. The minimum Gasteiger partial charge on any atom is -0.494 e. The summed E-state index contributed by atoms with van der Waals surface area (Å²) in [5.41, 5.74) is 10.1. The van der Waals surface area contributed by atoms with E-state index in [4.69, 9.17) is 10.5 Å². The third-order valence-corrected chi connectivity index (χ3v) is 4.42. The van der Waals surface area contributed by atoms with E-state index >= 15 is 0 Å². The van der Waals surface area contributed by atoms with Gasteiger partial charge in [-0.1, -0.05) is 18.2 Å². The lowest BCUT2D eigenvalue weighted by Crippen LogP contribution is -2.32. The number of hydrogen-bond donors (Lipinski definition) is 2. The van der Waals surface area contributed by atoms with Gasteiger partial charge in [-0.2, -0.15) is 0 Å². The van der Waals surface area contributed by atoms with Crippen molar-refractivity contribution in [2.24, 2.45) is 0 Å². The Morgan fingerprint density at radius 1 is 1.25 bits per heavy atom. The van der Waals surface area contributed by atoms with E-state index in [0.717, 1.165) is 36.3 Å². The van der Waals surface area contributed by atoms with Crippen molar-refractivity contribution >= 4 is 11.6 Å². The normalized spacial score (nSPS) is 16.3. The molecule has 1 aliphatic carbocycles. The summed E-state index contributed by atoms with van der Waals surface area (Å²) < 4.78 is 5.43. The van der Waals surface area contributed by atoms with Gasteiger partial charge in [0, 0.05) is 5.69 Å². The molecule has 1 amide bonds. The van der Waals surface area contributed by atoms with E-state index in [1.165, 1.54) is 11.1 Å². The molecule has 4 nitrogen and oxygen atoms in total. The maximum Gasteiger partial charge on any atom is 0.224 e. The maximum absolute atomic E-state index is 12.4. The minimum atomic E-state index is 0.0498. The van der Waals surface area contributed by atoms with Crippen molar-refractivity contribution in [1.29, 1.82) is 0 Å². The summed E-state index contributed by atoms with van der Waals surface area (Å²) in [4.78, 5) is 12.4. The van der Waals surface area contributed by atoms with Gasteiger partial charge in [0.2, 0.25) is 5.91 Å². The molecule has 126 valence electrons. The number of aryl methyl sites for hydroxylation is 1. The lowest BCUT2D eigenvalue weighted by atomic mass is 9.87. The Morgan fingerprint density at radius 3 is 2.79 bits per heavy atom. The summed E-state index contributed by atoms with van der Waals surface area (Å²) in [5.74, 6) is 0.884. The van der Waals surface area contributed by atoms with Gasteiger partial charge in [-0.25, -0.2) is 0 Å². The number of amides is 1. The molecule has 0 saturated heterocycles.